The lowest BCUT2D eigenvalue weighted by molar-refractivity contribution is 1.07. The average Bonchev–Trinajstić information content (AvgIpc) is 3.56. The summed E-state index contributed by atoms with van der Waals surface area (Å²) in [5.74, 6) is 1.90. The van der Waals surface area contributed by atoms with Crippen LogP contribution in [0.1, 0.15) is 0 Å². The summed E-state index contributed by atoms with van der Waals surface area (Å²) in [5.41, 5.74) is 10.7. The minimum atomic E-state index is 0.623. The summed E-state index contributed by atoms with van der Waals surface area (Å²) in [4.78, 5) is 15.1. The zero-order valence-electron chi connectivity index (χ0n) is 28.8. The van der Waals surface area contributed by atoms with Crippen molar-refractivity contribution < 1.29 is 0 Å². The molecule has 0 fully saturated rings. The molecule has 0 spiro atoms. The van der Waals surface area contributed by atoms with Crippen molar-refractivity contribution in [2.45, 2.75) is 0 Å². The molecule has 8 aromatic carbocycles. The van der Waals surface area contributed by atoms with Crippen molar-refractivity contribution in [3.8, 4) is 62.1 Å². The van der Waals surface area contributed by atoms with Crippen molar-refractivity contribution >= 4 is 32.6 Å². The van der Waals surface area contributed by atoms with Crippen LogP contribution >= 0.6 is 0 Å². The summed E-state index contributed by atoms with van der Waals surface area (Å²) in [6.45, 7) is 0. The second-order valence-corrected chi connectivity index (χ2v) is 13.3. The van der Waals surface area contributed by atoms with Crippen molar-refractivity contribution in [1.82, 2.24) is 19.5 Å². The fourth-order valence-corrected chi connectivity index (χ4v) is 7.45. The quantitative estimate of drug-likeness (QED) is 0.176. The van der Waals surface area contributed by atoms with Crippen LogP contribution in [0.25, 0.3) is 94.7 Å². The maximum Gasteiger partial charge on any atom is 0.164 e. The zero-order valence-corrected chi connectivity index (χ0v) is 28.8. The second kappa shape index (κ2) is 12.9. The normalized spacial score (nSPS) is 11.4. The molecule has 0 N–H and O–H groups in total. The van der Waals surface area contributed by atoms with E-state index in [2.05, 4.69) is 138 Å². The molecule has 4 heteroatoms. The minimum absolute atomic E-state index is 0.623. The Balaban J connectivity index is 1.25. The Morgan fingerprint density at radius 2 is 0.830 bits per heavy atom. The predicted octanol–water partition coefficient (Wildman–Crippen LogP) is 12.5. The topological polar surface area (TPSA) is 43.6 Å². The van der Waals surface area contributed by atoms with Crippen LogP contribution in [-0.2, 0) is 0 Å². The molecule has 0 unspecified atom stereocenters. The largest absolute Gasteiger partial charge is 0.309 e. The highest BCUT2D eigenvalue weighted by Gasteiger charge is 2.19. The minimum Gasteiger partial charge on any atom is -0.309 e. The standard InChI is InChI=1S/C49H32N4/c1-4-15-33(16-5-1)36-23-14-24-39(29-36)42-31-40(49-51-47(34-17-6-2-7-18-34)50-48(52-49)35-19-8-3-9-20-35)27-28-45(42)53-44-26-13-12-25-41(44)43-30-37-21-10-11-22-38(37)32-46(43)53/h1-32H. The molecule has 0 aliphatic carbocycles. The van der Waals surface area contributed by atoms with E-state index >= 15 is 0 Å². The van der Waals surface area contributed by atoms with Crippen LogP contribution < -0.4 is 0 Å². The predicted molar refractivity (Wildman–Crippen MR) is 219 cm³/mol. The van der Waals surface area contributed by atoms with Gasteiger partial charge >= 0.3 is 0 Å². The van der Waals surface area contributed by atoms with E-state index < -0.39 is 0 Å². The highest BCUT2D eigenvalue weighted by atomic mass is 15.0. The molecule has 10 aromatic rings. The molecule has 0 radical (unpaired) electrons. The lowest BCUT2D eigenvalue weighted by atomic mass is 9.96. The summed E-state index contributed by atoms with van der Waals surface area (Å²) < 4.78 is 2.42. The van der Waals surface area contributed by atoms with Crippen LogP contribution in [0.15, 0.2) is 194 Å². The van der Waals surface area contributed by atoms with E-state index in [0.29, 0.717) is 17.5 Å². The van der Waals surface area contributed by atoms with Crippen molar-refractivity contribution in [2.75, 3.05) is 0 Å². The van der Waals surface area contributed by atoms with Gasteiger partial charge in [-0.25, -0.2) is 15.0 Å². The van der Waals surface area contributed by atoms with E-state index in [0.717, 1.165) is 50.1 Å². The molecule has 2 aromatic heterocycles. The molecular formula is C49H32N4. The summed E-state index contributed by atoms with van der Waals surface area (Å²) in [6.07, 6.45) is 0. The van der Waals surface area contributed by atoms with Gasteiger partial charge in [-0.3, -0.25) is 0 Å². The van der Waals surface area contributed by atoms with Gasteiger partial charge in [-0.05, 0) is 69.9 Å². The van der Waals surface area contributed by atoms with E-state index in [9.17, 15) is 0 Å². The van der Waals surface area contributed by atoms with Gasteiger partial charge in [0.25, 0.3) is 0 Å². The first kappa shape index (κ1) is 30.6. The zero-order chi connectivity index (χ0) is 35.1. The van der Waals surface area contributed by atoms with Crippen LogP contribution in [0, 0.1) is 0 Å². The number of aromatic nitrogens is 4. The molecule has 4 nitrogen and oxygen atoms in total. The van der Waals surface area contributed by atoms with Crippen LogP contribution in [0.5, 0.6) is 0 Å². The van der Waals surface area contributed by atoms with E-state index in [4.69, 9.17) is 15.0 Å². The van der Waals surface area contributed by atoms with Crippen molar-refractivity contribution in [2.24, 2.45) is 0 Å². The first-order valence-electron chi connectivity index (χ1n) is 17.9. The molecule has 53 heavy (non-hydrogen) atoms. The van der Waals surface area contributed by atoms with Gasteiger partial charge in [-0.15, -0.1) is 0 Å². The molecule has 0 amide bonds. The lowest BCUT2D eigenvalue weighted by Crippen LogP contribution is -2.02. The van der Waals surface area contributed by atoms with Gasteiger partial charge in [0.05, 0.1) is 16.7 Å². The Hall–Kier alpha value is -7.17. The first-order valence-corrected chi connectivity index (χ1v) is 17.9. The molecule has 0 aliphatic rings. The Kier molecular flexibility index (Phi) is 7.43. The maximum atomic E-state index is 5.10. The number of nitrogens with zero attached hydrogens (tertiary/aromatic N) is 4. The summed E-state index contributed by atoms with van der Waals surface area (Å²) in [7, 11) is 0. The van der Waals surface area contributed by atoms with Gasteiger partial charge in [-0.1, -0.05) is 152 Å². The van der Waals surface area contributed by atoms with Crippen LogP contribution in [0.4, 0.5) is 0 Å². The molecule has 10 rings (SSSR count). The van der Waals surface area contributed by atoms with E-state index in [-0.39, 0.29) is 0 Å². The van der Waals surface area contributed by atoms with Crippen molar-refractivity contribution in [3.05, 3.63) is 194 Å². The molecular weight excluding hydrogens is 645 g/mol. The van der Waals surface area contributed by atoms with E-state index in [1.54, 1.807) is 0 Å². The maximum absolute atomic E-state index is 5.10. The van der Waals surface area contributed by atoms with Gasteiger partial charge in [-0.2, -0.15) is 0 Å². The molecule has 0 aliphatic heterocycles. The fourth-order valence-electron chi connectivity index (χ4n) is 7.45. The lowest BCUT2D eigenvalue weighted by Gasteiger charge is -2.17. The smallest absolute Gasteiger partial charge is 0.164 e. The fraction of sp³-hybridized carbons (Fsp3) is 0. The Morgan fingerprint density at radius 3 is 1.51 bits per heavy atom. The Bertz CT molecular complexity index is 2870. The van der Waals surface area contributed by atoms with Crippen LogP contribution in [-0.4, -0.2) is 19.5 Å². The van der Waals surface area contributed by atoms with E-state index in [1.165, 1.54) is 27.1 Å². The van der Waals surface area contributed by atoms with Gasteiger partial charge in [0, 0.05) is 33.0 Å². The summed E-state index contributed by atoms with van der Waals surface area (Å²) in [6, 6.07) is 68.3. The number of hydrogen-bond donors (Lipinski definition) is 0. The third-order valence-electron chi connectivity index (χ3n) is 10.0. The van der Waals surface area contributed by atoms with Crippen LogP contribution in [0.3, 0.4) is 0 Å². The van der Waals surface area contributed by atoms with Gasteiger partial charge in [0.15, 0.2) is 17.5 Å². The highest BCUT2D eigenvalue weighted by Crippen LogP contribution is 2.40. The van der Waals surface area contributed by atoms with Crippen molar-refractivity contribution in [1.29, 1.82) is 0 Å². The monoisotopic (exact) mass is 676 g/mol. The molecule has 248 valence electrons. The number of hydrogen-bond acceptors (Lipinski definition) is 3. The number of benzene rings is 8. The molecule has 0 bridgehead atoms. The molecule has 0 saturated carbocycles. The number of fused-ring (bicyclic) bond motifs is 4. The van der Waals surface area contributed by atoms with Crippen LogP contribution in [0.2, 0.25) is 0 Å². The third kappa shape index (κ3) is 5.54. The highest BCUT2D eigenvalue weighted by molar-refractivity contribution is 6.14. The summed E-state index contributed by atoms with van der Waals surface area (Å²) in [5, 5.41) is 4.89. The molecule has 0 atom stereocenters. The van der Waals surface area contributed by atoms with Gasteiger partial charge < -0.3 is 4.57 Å². The first-order chi connectivity index (χ1) is 26.3. The van der Waals surface area contributed by atoms with Gasteiger partial charge in [0.2, 0.25) is 0 Å². The number of rotatable bonds is 6. The Labute approximate surface area is 307 Å². The van der Waals surface area contributed by atoms with Crippen molar-refractivity contribution in [3.63, 3.8) is 0 Å². The second-order valence-electron chi connectivity index (χ2n) is 13.3. The molecule has 2 heterocycles. The summed E-state index contributed by atoms with van der Waals surface area (Å²) >= 11 is 0. The number of para-hydroxylation sites is 1. The SMILES string of the molecule is c1ccc(-c2cccc(-c3cc(-c4nc(-c5ccccc5)nc(-c5ccccc5)n4)ccc3-n3c4ccccc4c4cc5ccccc5cc43)c2)cc1. The van der Waals surface area contributed by atoms with Gasteiger partial charge in [0.1, 0.15) is 0 Å². The van der Waals surface area contributed by atoms with E-state index in [1.807, 2.05) is 60.7 Å². The third-order valence-corrected chi connectivity index (χ3v) is 10.0. The molecule has 0 saturated heterocycles. The Morgan fingerprint density at radius 1 is 0.302 bits per heavy atom. The average molecular weight is 677 g/mol.